The average Bonchev–Trinajstić information content (AvgIpc) is 3.35. The highest BCUT2D eigenvalue weighted by Crippen LogP contribution is 2.38. The summed E-state index contributed by atoms with van der Waals surface area (Å²) in [7, 11) is 0. The molecule has 0 saturated carbocycles. The van der Waals surface area contributed by atoms with Crippen LogP contribution >= 0.6 is 34.7 Å². The summed E-state index contributed by atoms with van der Waals surface area (Å²) in [6, 6.07) is 7.03. The highest BCUT2D eigenvalue weighted by Gasteiger charge is 2.27. The van der Waals surface area contributed by atoms with Gasteiger partial charge in [-0.15, -0.1) is 11.3 Å². The van der Waals surface area contributed by atoms with Gasteiger partial charge in [-0.05, 0) is 42.0 Å². The molecule has 0 aromatic carbocycles. The Bertz CT molecular complexity index is 1000. The number of carbonyl (C=O) groups excluding carboxylic acids is 2. The van der Waals surface area contributed by atoms with Gasteiger partial charge in [-0.2, -0.15) is 11.8 Å². The van der Waals surface area contributed by atoms with Gasteiger partial charge in [0.2, 0.25) is 0 Å². The number of ether oxygens (including phenoxy) is 1. The molecule has 1 amide bonds. The van der Waals surface area contributed by atoms with E-state index in [0.717, 1.165) is 28.5 Å². The number of anilines is 1. The van der Waals surface area contributed by atoms with Crippen LogP contribution in [0.1, 0.15) is 20.8 Å². The van der Waals surface area contributed by atoms with Crippen molar-refractivity contribution < 1.29 is 14.3 Å². The van der Waals surface area contributed by atoms with Gasteiger partial charge in [0, 0.05) is 29.2 Å². The molecule has 0 radical (unpaired) electrons. The van der Waals surface area contributed by atoms with Gasteiger partial charge in [0.25, 0.3) is 5.91 Å². The Balaban J connectivity index is 1.49. The lowest BCUT2D eigenvalue weighted by Crippen LogP contribution is -2.22. The van der Waals surface area contributed by atoms with Crippen molar-refractivity contribution in [2.45, 2.75) is 12.2 Å². The molecule has 0 spiro atoms. The maximum absolute atomic E-state index is 12.8. The molecule has 0 fully saturated rings. The maximum atomic E-state index is 12.8. The van der Waals surface area contributed by atoms with E-state index in [1.807, 2.05) is 40.9 Å². The SMILES string of the molecule is O=C(COC(=O)c1c(-n2cccc2)sc2c1CCSC2)Nc1ccc(Cl)cn1. The van der Waals surface area contributed by atoms with Gasteiger partial charge in [-0.1, -0.05) is 11.6 Å². The Hall–Kier alpha value is -2.29. The second kappa shape index (κ2) is 8.38. The van der Waals surface area contributed by atoms with Crippen LogP contribution in [0.5, 0.6) is 0 Å². The van der Waals surface area contributed by atoms with Crippen LogP contribution in [0.4, 0.5) is 5.82 Å². The number of nitrogens with zero attached hydrogens (tertiary/aromatic N) is 2. The number of fused-ring (bicyclic) bond motifs is 1. The number of amides is 1. The van der Waals surface area contributed by atoms with Gasteiger partial charge in [0.1, 0.15) is 10.8 Å². The van der Waals surface area contributed by atoms with E-state index >= 15 is 0 Å². The van der Waals surface area contributed by atoms with Crippen molar-refractivity contribution in [2.24, 2.45) is 0 Å². The van der Waals surface area contributed by atoms with Crippen LogP contribution in [0.25, 0.3) is 5.00 Å². The zero-order chi connectivity index (χ0) is 19.5. The van der Waals surface area contributed by atoms with Crippen LogP contribution in [0.2, 0.25) is 5.02 Å². The van der Waals surface area contributed by atoms with Crippen LogP contribution in [0.3, 0.4) is 0 Å². The minimum Gasteiger partial charge on any atom is -0.452 e. The molecule has 0 atom stereocenters. The van der Waals surface area contributed by atoms with E-state index in [9.17, 15) is 9.59 Å². The lowest BCUT2D eigenvalue weighted by Gasteiger charge is -2.12. The number of nitrogens with one attached hydrogen (secondary N) is 1. The maximum Gasteiger partial charge on any atom is 0.341 e. The Kier molecular flexibility index (Phi) is 5.70. The summed E-state index contributed by atoms with van der Waals surface area (Å²) in [5.41, 5.74) is 1.60. The molecule has 6 nitrogen and oxygen atoms in total. The van der Waals surface area contributed by atoms with Crippen LogP contribution in [-0.2, 0) is 21.7 Å². The van der Waals surface area contributed by atoms with E-state index in [1.165, 1.54) is 11.1 Å². The third-order valence-electron chi connectivity index (χ3n) is 4.17. The molecule has 4 rings (SSSR count). The van der Waals surface area contributed by atoms with E-state index in [1.54, 1.807) is 23.5 Å². The predicted octanol–water partition coefficient (Wildman–Crippen LogP) is 4.17. The molecule has 0 saturated heterocycles. The summed E-state index contributed by atoms with van der Waals surface area (Å²) in [6.07, 6.45) is 6.06. The molecule has 0 bridgehead atoms. The van der Waals surface area contributed by atoms with E-state index in [2.05, 4.69) is 10.3 Å². The second-order valence-electron chi connectivity index (χ2n) is 6.06. The number of aromatic nitrogens is 2. The molecule has 3 aromatic rings. The number of hydrogen-bond acceptors (Lipinski definition) is 6. The number of esters is 1. The fourth-order valence-corrected chi connectivity index (χ4v) is 5.46. The number of carbonyl (C=O) groups is 2. The van der Waals surface area contributed by atoms with Gasteiger partial charge in [0.15, 0.2) is 6.61 Å². The number of rotatable bonds is 5. The summed E-state index contributed by atoms with van der Waals surface area (Å²) < 4.78 is 7.25. The first-order valence-electron chi connectivity index (χ1n) is 8.56. The summed E-state index contributed by atoms with van der Waals surface area (Å²) in [5, 5.41) is 3.89. The molecule has 0 unspecified atom stereocenters. The molecule has 1 aliphatic heterocycles. The van der Waals surface area contributed by atoms with Crippen molar-refractivity contribution in [1.82, 2.24) is 9.55 Å². The van der Waals surface area contributed by atoms with Crippen molar-refractivity contribution in [3.05, 3.63) is 63.9 Å². The van der Waals surface area contributed by atoms with Crippen molar-refractivity contribution in [1.29, 1.82) is 0 Å². The van der Waals surface area contributed by atoms with Crippen molar-refractivity contribution >= 4 is 52.4 Å². The Labute approximate surface area is 174 Å². The molecule has 3 aromatic heterocycles. The smallest absolute Gasteiger partial charge is 0.341 e. The zero-order valence-electron chi connectivity index (χ0n) is 14.7. The quantitative estimate of drug-likeness (QED) is 0.611. The molecule has 144 valence electrons. The van der Waals surface area contributed by atoms with Gasteiger partial charge in [-0.25, -0.2) is 9.78 Å². The predicted molar refractivity (Wildman–Crippen MR) is 112 cm³/mol. The summed E-state index contributed by atoms with van der Waals surface area (Å²) in [6.45, 7) is -0.381. The molecule has 0 aliphatic carbocycles. The molecular weight excluding hydrogens is 418 g/mol. The minimum atomic E-state index is -0.479. The molecule has 28 heavy (non-hydrogen) atoms. The Morgan fingerprint density at radius 1 is 1.29 bits per heavy atom. The van der Waals surface area contributed by atoms with Gasteiger partial charge >= 0.3 is 5.97 Å². The van der Waals surface area contributed by atoms with Crippen LogP contribution < -0.4 is 5.32 Å². The van der Waals surface area contributed by atoms with Crippen LogP contribution in [0, 0.1) is 0 Å². The second-order valence-corrected chi connectivity index (χ2v) is 8.69. The molecule has 1 N–H and O–H groups in total. The lowest BCUT2D eigenvalue weighted by molar-refractivity contribution is -0.119. The number of thiophene rings is 1. The summed E-state index contributed by atoms with van der Waals surface area (Å²) in [4.78, 5) is 30.1. The highest BCUT2D eigenvalue weighted by molar-refractivity contribution is 7.98. The number of thioether (sulfide) groups is 1. The molecular formula is C19H16ClN3O3S2. The van der Waals surface area contributed by atoms with E-state index in [0.29, 0.717) is 16.4 Å². The van der Waals surface area contributed by atoms with Crippen LogP contribution in [0.15, 0.2) is 42.9 Å². The first-order chi connectivity index (χ1) is 13.6. The minimum absolute atomic E-state index is 0.350. The van der Waals surface area contributed by atoms with Gasteiger partial charge in [-0.3, -0.25) is 4.79 Å². The molecule has 1 aliphatic rings. The monoisotopic (exact) mass is 433 g/mol. The summed E-state index contributed by atoms with van der Waals surface area (Å²) in [5.74, 6) is 1.28. The Morgan fingerprint density at radius 2 is 2.11 bits per heavy atom. The van der Waals surface area contributed by atoms with E-state index in [-0.39, 0.29) is 6.61 Å². The fraction of sp³-hybridized carbons (Fsp3) is 0.211. The van der Waals surface area contributed by atoms with E-state index in [4.69, 9.17) is 16.3 Å². The van der Waals surface area contributed by atoms with E-state index < -0.39 is 11.9 Å². The highest BCUT2D eigenvalue weighted by atomic mass is 35.5. The normalized spacial score (nSPS) is 13.0. The largest absolute Gasteiger partial charge is 0.452 e. The Morgan fingerprint density at radius 3 is 2.86 bits per heavy atom. The fourth-order valence-electron chi connectivity index (χ4n) is 2.91. The average molecular weight is 434 g/mol. The third-order valence-corrected chi connectivity index (χ3v) is 6.81. The van der Waals surface area contributed by atoms with Crippen molar-refractivity contribution in [3.8, 4) is 5.00 Å². The number of hydrogen-bond donors (Lipinski definition) is 1. The molecule has 9 heteroatoms. The first kappa shape index (κ1) is 19.0. The standard InChI is InChI=1S/C19H16ClN3O3S2/c20-12-3-4-15(21-9-12)22-16(24)10-26-19(25)17-13-5-8-27-11-14(13)28-18(17)23-6-1-2-7-23/h1-4,6-7,9H,5,8,10-11H2,(H,21,22,24). The van der Waals surface area contributed by atoms with Gasteiger partial charge in [0.05, 0.1) is 10.6 Å². The van der Waals surface area contributed by atoms with Crippen LogP contribution in [-0.4, -0.2) is 33.8 Å². The number of pyridine rings is 1. The third kappa shape index (κ3) is 4.09. The first-order valence-corrected chi connectivity index (χ1v) is 10.9. The zero-order valence-corrected chi connectivity index (χ0v) is 17.1. The molecule has 4 heterocycles. The van der Waals surface area contributed by atoms with Crippen molar-refractivity contribution in [2.75, 3.05) is 17.7 Å². The summed E-state index contributed by atoms with van der Waals surface area (Å²) >= 11 is 9.24. The number of halogens is 1. The lowest BCUT2D eigenvalue weighted by atomic mass is 10.1. The topological polar surface area (TPSA) is 73.2 Å². The van der Waals surface area contributed by atoms with Gasteiger partial charge < -0.3 is 14.6 Å². The van der Waals surface area contributed by atoms with Crippen molar-refractivity contribution in [3.63, 3.8) is 0 Å².